The van der Waals surface area contributed by atoms with Crippen molar-refractivity contribution in [2.45, 2.75) is 89.9 Å². The molecule has 2 heterocycles. The number of ketones is 1. The van der Waals surface area contributed by atoms with Crippen molar-refractivity contribution >= 4 is 29.4 Å². The van der Waals surface area contributed by atoms with E-state index in [2.05, 4.69) is 36.7 Å². The molecule has 1 saturated carbocycles. The molecule has 3 N–H and O–H groups in total. The van der Waals surface area contributed by atoms with Crippen LogP contribution in [0.5, 0.6) is 5.75 Å². The van der Waals surface area contributed by atoms with Gasteiger partial charge in [0.25, 0.3) is 11.8 Å². The molecular formula is C34H42N4O6. The molecule has 3 atom stereocenters. The van der Waals surface area contributed by atoms with Gasteiger partial charge in [0.05, 0.1) is 6.04 Å². The molecule has 0 aromatic heterocycles. The first kappa shape index (κ1) is 31.2. The second kappa shape index (κ2) is 12.8. The second-order valence-electron chi connectivity index (χ2n) is 13.2. The smallest absolute Gasteiger partial charge is 0.289 e. The zero-order chi connectivity index (χ0) is 31.6. The average Bonchev–Trinajstić information content (AvgIpc) is 3.72. The maximum absolute atomic E-state index is 13.9. The first-order valence-corrected chi connectivity index (χ1v) is 15.4. The Bertz CT molecular complexity index is 1460. The lowest BCUT2D eigenvalue weighted by Gasteiger charge is -2.36. The van der Waals surface area contributed by atoms with Gasteiger partial charge in [0.15, 0.2) is 6.61 Å². The molecule has 2 aromatic rings. The van der Waals surface area contributed by atoms with Crippen LogP contribution in [0.3, 0.4) is 0 Å². The second-order valence-corrected chi connectivity index (χ2v) is 13.2. The molecule has 0 radical (unpaired) electrons. The van der Waals surface area contributed by atoms with Crippen LogP contribution in [0.1, 0.15) is 68.7 Å². The molecule has 0 bridgehead atoms. The first-order chi connectivity index (χ1) is 20.9. The summed E-state index contributed by atoms with van der Waals surface area (Å²) in [4.78, 5) is 67.3. The summed E-state index contributed by atoms with van der Waals surface area (Å²) in [6, 6.07) is 11.4. The quantitative estimate of drug-likeness (QED) is 0.358. The standard InChI is InChI=1S/C34H42N4O6/c1-20-15-24(34(2,3)4)9-12-28(20)44-19-29(39)38-18-23-8-6-5-7-21(23)17-27(38)32(42)37-26(16-22-13-14-35-31(22)41)30(40)33(43)36-25-10-11-25/h5-9,12,15,22,25-27H,10-11,13-14,16-19H2,1-4H3,(H,35,41)(H,36,43)(H,37,42)/t22-,26-,27-/m0/s1. The first-order valence-electron chi connectivity index (χ1n) is 15.4. The van der Waals surface area contributed by atoms with Gasteiger partial charge < -0.3 is 25.6 Å². The van der Waals surface area contributed by atoms with Crippen molar-refractivity contribution in [1.29, 1.82) is 0 Å². The monoisotopic (exact) mass is 602 g/mol. The molecule has 0 unspecified atom stereocenters. The number of ether oxygens (including phenoxy) is 1. The van der Waals surface area contributed by atoms with Crippen LogP contribution in [-0.2, 0) is 42.4 Å². The van der Waals surface area contributed by atoms with Crippen molar-refractivity contribution in [1.82, 2.24) is 20.9 Å². The topological polar surface area (TPSA) is 134 Å². The third-order valence-corrected chi connectivity index (χ3v) is 8.72. The molecule has 10 heteroatoms. The van der Waals surface area contributed by atoms with Crippen molar-refractivity contribution in [3.8, 4) is 5.75 Å². The summed E-state index contributed by atoms with van der Waals surface area (Å²) in [7, 11) is 0. The van der Waals surface area contributed by atoms with Gasteiger partial charge in [-0.1, -0.05) is 57.2 Å². The van der Waals surface area contributed by atoms with Crippen LogP contribution in [0.15, 0.2) is 42.5 Å². The molecule has 44 heavy (non-hydrogen) atoms. The van der Waals surface area contributed by atoms with Gasteiger partial charge in [-0.05, 0) is 66.3 Å². The lowest BCUT2D eigenvalue weighted by molar-refractivity contribution is -0.145. The number of amides is 4. The van der Waals surface area contributed by atoms with Crippen LogP contribution in [0.4, 0.5) is 0 Å². The van der Waals surface area contributed by atoms with E-state index in [0.29, 0.717) is 18.7 Å². The highest BCUT2D eigenvalue weighted by Crippen LogP contribution is 2.29. The van der Waals surface area contributed by atoms with E-state index in [0.717, 1.165) is 35.1 Å². The Labute approximate surface area is 258 Å². The fraction of sp³-hybridized carbons (Fsp3) is 0.500. The molecule has 1 aliphatic carbocycles. The highest BCUT2D eigenvalue weighted by Gasteiger charge is 2.40. The van der Waals surface area contributed by atoms with Crippen molar-refractivity contribution in [2.75, 3.05) is 13.2 Å². The van der Waals surface area contributed by atoms with Crippen LogP contribution in [0, 0.1) is 12.8 Å². The number of fused-ring (bicyclic) bond motifs is 1. The number of Topliss-reactive ketones (excluding diaryl/α,β-unsaturated/α-hetero) is 1. The fourth-order valence-corrected chi connectivity index (χ4v) is 5.82. The summed E-state index contributed by atoms with van der Waals surface area (Å²) in [6.45, 7) is 8.73. The molecule has 2 aliphatic heterocycles. The minimum Gasteiger partial charge on any atom is -0.483 e. The SMILES string of the molecule is Cc1cc(C(C)(C)C)ccc1OCC(=O)N1Cc2ccccc2C[C@H]1C(=O)N[C@@H](C[C@@H]1CCNC1=O)C(=O)C(=O)NC1CC1. The van der Waals surface area contributed by atoms with Gasteiger partial charge in [0.1, 0.15) is 11.8 Å². The molecule has 2 aromatic carbocycles. The Morgan fingerprint density at radius 1 is 1.05 bits per heavy atom. The summed E-state index contributed by atoms with van der Waals surface area (Å²) >= 11 is 0. The molecule has 1 saturated heterocycles. The maximum atomic E-state index is 13.9. The highest BCUT2D eigenvalue weighted by molar-refractivity contribution is 6.38. The molecule has 2 fully saturated rings. The molecule has 10 nitrogen and oxygen atoms in total. The van der Waals surface area contributed by atoms with Gasteiger partial charge >= 0.3 is 0 Å². The van der Waals surface area contributed by atoms with E-state index in [4.69, 9.17) is 4.74 Å². The largest absolute Gasteiger partial charge is 0.483 e. The molecule has 5 rings (SSSR count). The van der Waals surface area contributed by atoms with Gasteiger partial charge in [-0.2, -0.15) is 0 Å². The zero-order valence-electron chi connectivity index (χ0n) is 25.9. The van der Waals surface area contributed by atoms with Gasteiger partial charge in [-0.3, -0.25) is 24.0 Å². The molecule has 234 valence electrons. The number of benzene rings is 2. The summed E-state index contributed by atoms with van der Waals surface area (Å²) in [6.07, 6.45) is 2.38. The average molecular weight is 603 g/mol. The predicted octanol–water partition coefficient (Wildman–Crippen LogP) is 2.48. The van der Waals surface area contributed by atoms with E-state index in [1.54, 1.807) is 0 Å². The summed E-state index contributed by atoms with van der Waals surface area (Å²) in [5, 5.41) is 8.20. The lowest BCUT2D eigenvalue weighted by atomic mass is 9.86. The molecular weight excluding hydrogens is 560 g/mol. The van der Waals surface area contributed by atoms with Crippen LogP contribution < -0.4 is 20.7 Å². The fourth-order valence-electron chi connectivity index (χ4n) is 5.82. The third kappa shape index (κ3) is 7.29. The number of hydrogen-bond donors (Lipinski definition) is 3. The van der Waals surface area contributed by atoms with Crippen LogP contribution >= 0.6 is 0 Å². The minimum absolute atomic E-state index is 0.0126. The van der Waals surface area contributed by atoms with E-state index in [1.165, 1.54) is 4.90 Å². The van der Waals surface area contributed by atoms with Crippen LogP contribution in [0.25, 0.3) is 0 Å². The maximum Gasteiger partial charge on any atom is 0.289 e. The van der Waals surface area contributed by atoms with Crippen molar-refractivity contribution in [3.05, 3.63) is 64.7 Å². The van der Waals surface area contributed by atoms with Crippen molar-refractivity contribution in [3.63, 3.8) is 0 Å². The van der Waals surface area contributed by atoms with E-state index < -0.39 is 35.6 Å². The van der Waals surface area contributed by atoms with E-state index >= 15 is 0 Å². The Hall–Kier alpha value is -4.21. The molecule has 0 spiro atoms. The Kier molecular flexibility index (Phi) is 9.08. The van der Waals surface area contributed by atoms with E-state index in [1.807, 2.05) is 49.4 Å². The third-order valence-electron chi connectivity index (χ3n) is 8.72. The normalized spacial score (nSPS) is 20.3. The summed E-state index contributed by atoms with van der Waals surface area (Å²) < 4.78 is 5.96. The number of carbonyl (C=O) groups is 5. The lowest BCUT2D eigenvalue weighted by Crippen LogP contribution is -2.57. The number of carbonyl (C=O) groups excluding carboxylic acids is 5. The highest BCUT2D eigenvalue weighted by atomic mass is 16.5. The molecule has 3 aliphatic rings. The minimum atomic E-state index is -1.19. The van der Waals surface area contributed by atoms with Gasteiger partial charge in [0, 0.05) is 31.5 Å². The zero-order valence-corrected chi connectivity index (χ0v) is 25.9. The summed E-state index contributed by atoms with van der Waals surface area (Å²) in [5.41, 5.74) is 3.89. The number of hydrogen-bond acceptors (Lipinski definition) is 6. The predicted molar refractivity (Wildman–Crippen MR) is 164 cm³/mol. The van der Waals surface area contributed by atoms with Gasteiger partial charge in [-0.25, -0.2) is 0 Å². The van der Waals surface area contributed by atoms with Crippen LogP contribution in [0.2, 0.25) is 0 Å². The Morgan fingerprint density at radius 2 is 1.77 bits per heavy atom. The van der Waals surface area contributed by atoms with E-state index in [-0.39, 0.29) is 49.3 Å². The Balaban J connectivity index is 1.33. The summed E-state index contributed by atoms with van der Waals surface area (Å²) in [5.74, 6) is -2.57. The van der Waals surface area contributed by atoms with Crippen molar-refractivity contribution in [2.24, 2.45) is 5.92 Å². The number of rotatable bonds is 10. The van der Waals surface area contributed by atoms with Gasteiger partial charge in [-0.15, -0.1) is 0 Å². The number of nitrogens with zero attached hydrogens (tertiary/aromatic N) is 1. The number of aryl methyl sites for hydroxylation is 1. The van der Waals surface area contributed by atoms with Crippen molar-refractivity contribution < 1.29 is 28.7 Å². The molecule has 4 amide bonds. The Morgan fingerprint density at radius 3 is 2.41 bits per heavy atom. The van der Waals surface area contributed by atoms with Crippen LogP contribution in [-0.4, -0.2) is 65.6 Å². The van der Waals surface area contributed by atoms with Gasteiger partial charge in [0.2, 0.25) is 17.6 Å². The van der Waals surface area contributed by atoms with E-state index in [9.17, 15) is 24.0 Å². The number of nitrogens with one attached hydrogen (secondary N) is 3.